The van der Waals surface area contributed by atoms with Gasteiger partial charge in [-0.3, -0.25) is 0 Å². The van der Waals surface area contributed by atoms with Gasteiger partial charge in [0.05, 0.1) is 12.7 Å². The highest BCUT2D eigenvalue weighted by atomic mass is 28.4. The van der Waals surface area contributed by atoms with Crippen LogP contribution in [-0.2, 0) is 18.6 Å². The van der Waals surface area contributed by atoms with Crippen molar-refractivity contribution >= 4 is 8.32 Å². The molecule has 0 N–H and O–H groups in total. The topological polar surface area (TPSA) is 36.9 Å². The first-order chi connectivity index (χ1) is 14.4. The van der Waals surface area contributed by atoms with Crippen molar-refractivity contribution in [3.05, 3.63) is 47.5 Å². The number of rotatable bonds is 7. The Balaban J connectivity index is 1.54. The second kappa shape index (κ2) is 9.48. The van der Waals surface area contributed by atoms with E-state index in [2.05, 4.69) is 60.7 Å². The van der Waals surface area contributed by atoms with E-state index in [-0.39, 0.29) is 35.1 Å². The van der Waals surface area contributed by atoms with E-state index < -0.39 is 8.32 Å². The average molecular weight is 447 g/mol. The van der Waals surface area contributed by atoms with Crippen LogP contribution in [0, 0.1) is 5.41 Å². The minimum atomic E-state index is -1.73. The Morgan fingerprint density at radius 3 is 2.35 bits per heavy atom. The summed E-state index contributed by atoms with van der Waals surface area (Å²) in [4.78, 5) is 0. The molecular weight excluding hydrogens is 404 g/mol. The largest absolute Gasteiger partial charge is 0.416 e. The first kappa shape index (κ1) is 24.7. The van der Waals surface area contributed by atoms with Gasteiger partial charge in [-0.2, -0.15) is 0 Å². The van der Waals surface area contributed by atoms with Gasteiger partial charge in [0.15, 0.2) is 14.6 Å². The van der Waals surface area contributed by atoms with Crippen LogP contribution in [0.2, 0.25) is 18.1 Å². The summed E-state index contributed by atoms with van der Waals surface area (Å²) in [6.45, 7) is 19.7. The van der Waals surface area contributed by atoms with E-state index in [1.54, 1.807) is 0 Å². The molecule has 0 aromatic heterocycles. The lowest BCUT2D eigenvalue weighted by Crippen LogP contribution is -2.46. The minimum absolute atomic E-state index is 0.0414. The summed E-state index contributed by atoms with van der Waals surface area (Å²) in [7, 11) is -1.73. The molecule has 1 fully saturated rings. The second-order valence-electron chi connectivity index (χ2n) is 11.5. The lowest BCUT2D eigenvalue weighted by molar-refractivity contribution is -0.263. The molecule has 1 aromatic rings. The molecule has 1 saturated heterocycles. The zero-order valence-corrected chi connectivity index (χ0v) is 21.7. The monoisotopic (exact) mass is 446 g/mol. The molecule has 5 heteroatoms. The van der Waals surface area contributed by atoms with E-state index in [0.29, 0.717) is 6.61 Å². The molecule has 0 amide bonds. The van der Waals surface area contributed by atoms with Crippen molar-refractivity contribution in [1.82, 2.24) is 0 Å². The highest BCUT2D eigenvalue weighted by molar-refractivity contribution is 6.74. The first-order valence-corrected chi connectivity index (χ1v) is 14.6. The number of hydrogen-bond donors (Lipinski definition) is 0. The van der Waals surface area contributed by atoms with Crippen LogP contribution in [0.4, 0.5) is 0 Å². The minimum Gasteiger partial charge on any atom is -0.416 e. The molecule has 2 aliphatic rings. The Morgan fingerprint density at radius 1 is 1.03 bits per heavy atom. The van der Waals surface area contributed by atoms with Gasteiger partial charge in [0.25, 0.3) is 0 Å². The van der Waals surface area contributed by atoms with Gasteiger partial charge in [-0.25, -0.2) is 0 Å². The molecule has 4 nitrogen and oxygen atoms in total. The highest BCUT2D eigenvalue weighted by Gasteiger charge is 2.40. The summed E-state index contributed by atoms with van der Waals surface area (Å²) in [5, 5.41) is 0.239. The smallest absolute Gasteiger partial charge is 0.192 e. The summed E-state index contributed by atoms with van der Waals surface area (Å²) in [6.07, 6.45) is 4.00. The van der Waals surface area contributed by atoms with E-state index in [9.17, 15) is 0 Å². The van der Waals surface area contributed by atoms with Gasteiger partial charge < -0.3 is 18.6 Å². The van der Waals surface area contributed by atoms with Crippen LogP contribution in [0.5, 0.6) is 0 Å². The molecule has 3 rings (SSSR count). The molecular formula is C26H42O4Si. The fraction of sp³-hybridized carbons (Fsp3) is 0.692. The third-order valence-electron chi connectivity index (χ3n) is 7.12. The Bertz CT molecular complexity index is 750. The van der Waals surface area contributed by atoms with Gasteiger partial charge >= 0.3 is 0 Å². The second-order valence-corrected chi connectivity index (χ2v) is 16.3. The molecule has 0 aliphatic carbocycles. The molecule has 2 aliphatic heterocycles. The van der Waals surface area contributed by atoms with Crippen molar-refractivity contribution in [2.24, 2.45) is 5.41 Å². The summed E-state index contributed by atoms with van der Waals surface area (Å²) in [5.41, 5.74) is 2.43. The van der Waals surface area contributed by atoms with Gasteiger partial charge in [0, 0.05) is 12.2 Å². The molecule has 0 saturated carbocycles. The zero-order chi connectivity index (χ0) is 22.9. The van der Waals surface area contributed by atoms with Crippen LogP contribution in [0.25, 0.3) is 0 Å². The zero-order valence-electron chi connectivity index (χ0n) is 20.7. The molecule has 4 atom stereocenters. The number of ether oxygens (including phenoxy) is 3. The van der Waals surface area contributed by atoms with Gasteiger partial charge in [-0.1, -0.05) is 71.0 Å². The van der Waals surface area contributed by atoms with Crippen LogP contribution in [0.1, 0.15) is 66.2 Å². The van der Waals surface area contributed by atoms with E-state index in [0.717, 1.165) is 25.0 Å². The van der Waals surface area contributed by atoms with Crippen molar-refractivity contribution in [3.63, 3.8) is 0 Å². The average Bonchev–Trinajstić information content (AvgIpc) is 2.70. The molecule has 174 valence electrons. The Labute approximate surface area is 190 Å². The van der Waals surface area contributed by atoms with Crippen molar-refractivity contribution in [1.29, 1.82) is 0 Å². The molecule has 0 radical (unpaired) electrons. The molecule has 4 unspecified atom stereocenters. The Kier molecular flexibility index (Phi) is 7.54. The maximum absolute atomic E-state index is 6.51. The highest BCUT2D eigenvalue weighted by Crippen LogP contribution is 2.39. The number of benzene rings is 1. The Hall–Kier alpha value is -0.983. The summed E-state index contributed by atoms with van der Waals surface area (Å²) in [6, 6.07) is 10.1. The fourth-order valence-electron chi connectivity index (χ4n) is 3.76. The third-order valence-corrected chi connectivity index (χ3v) is 11.6. The quantitative estimate of drug-likeness (QED) is 0.347. The van der Waals surface area contributed by atoms with E-state index in [1.165, 1.54) is 5.57 Å². The van der Waals surface area contributed by atoms with Gasteiger partial charge in [-0.15, -0.1) is 0 Å². The van der Waals surface area contributed by atoms with Gasteiger partial charge in [-0.05, 0) is 48.9 Å². The van der Waals surface area contributed by atoms with Crippen molar-refractivity contribution < 1.29 is 18.6 Å². The van der Waals surface area contributed by atoms with E-state index >= 15 is 0 Å². The molecule has 0 spiro atoms. The maximum Gasteiger partial charge on any atom is 0.192 e. The van der Waals surface area contributed by atoms with Gasteiger partial charge in [0.1, 0.15) is 12.2 Å². The predicted octanol–water partition coefficient (Wildman–Crippen LogP) is 6.64. The normalized spacial score (nSPS) is 27.5. The SMILES string of the molecule is CC1=CC2OC(c3ccccc3)OCC2OC1CCC(C)(C)CO[Si](C)(C)C(C)(C)C. The summed E-state index contributed by atoms with van der Waals surface area (Å²) >= 11 is 0. The van der Waals surface area contributed by atoms with E-state index in [1.807, 2.05) is 30.3 Å². The standard InChI is InChI=1S/C26H42O4Si/c1-19-16-22-23(17-27-24(30-22)20-12-10-9-11-13-20)29-21(19)14-15-26(5,6)18-28-31(7,8)25(2,3)4/h9-13,16,21-24H,14-15,17-18H2,1-8H3. The molecule has 2 heterocycles. The Morgan fingerprint density at radius 2 is 1.71 bits per heavy atom. The number of fused-ring (bicyclic) bond motifs is 1. The van der Waals surface area contributed by atoms with Crippen molar-refractivity contribution in [2.45, 2.75) is 97.1 Å². The fourth-order valence-corrected chi connectivity index (χ4v) is 4.95. The van der Waals surface area contributed by atoms with Crippen LogP contribution in [-0.4, -0.2) is 39.8 Å². The van der Waals surface area contributed by atoms with Gasteiger partial charge in [0.2, 0.25) is 0 Å². The third kappa shape index (κ3) is 6.29. The first-order valence-electron chi connectivity index (χ1n) is 11.7. The van der Waals surface area contributed by atoms with Crippen LogP contribution < -0.4 is 0 Å². The van der Waals surface area contributed by atoms with E-state index in [4.69, 9.17) is 18.6 Å². The molecule has 31 heavy (non-hydrogen) atoms. The van der Waals surface area contributed by atoms with Crippen molar-refractivity contribution in [3.8, 4) is 0 Å². The maximum atomic E-state index is 6.51. The molecule has 1 aromatic carbocycles. The summed E-state index contributed by atoms with van der Waals surface area (Å²) in [5.74, 6) is 0. The molecule has 0 bridgehead atoms. The van der Waals surface area contributed by atoms with Crippen molar-refractivity contribution in [2.75, 3.05) is 13.2 Å². The van der Waals surface area contributed by atoms with Crippen LogP contribution in [0.15, 0.2) is 42.0 Å². The van der Waals surface area contributed by atoms with Crippen LogP contribution in [0.3, 0.4) is 0 Å². The predicted molar refractivity (Wildman–Crippen MR) is 129 cm³/mol. The number of hydrogen-bond acceptors (Lipinski definition) is 4. The lowest BCUT2D eigenvalue weighted by Gasteiger charge is -2.42. The summed E-state index contributed by atoms with van der Waals surface area (Å²) < 4.78 is 25.1. The lowest BCUT2D eigenvalue weighted by atomic mass is 9.86. The van der Waals surface area contributed by atoms with Crippen LogP contribution >= 0.6 is 0 Å².